The zero-order valence-electron chi connectivity index (χ0n) is 3.60. The lowest BCUT2D eigenvalue weighted by atomic mass is 10.5. The maximum absolute atomic E-state index is 10.2. The van der Waals surface area contributed by atoms with E-state index >= 15 is 0 Å². The van der Waals surface area contributed by atoms with Gasteiger partial charge in [-0.25, -0.2) is 4.79 Å². The lowest BCUT2D eigenvalue weighted by molar-refractivity contribution is -0.130. The fourth-order valence-corrected chi connectivity index (χ4v) is 0.623. The molecule has 0 saturated carbocycles. The normalized spacial score (nSPS) is 11.6. The van der Waals surface area contributed by atoms with Gasteiger partial charge in [0.2, 0.25) is 0 Å². The summed E-state index contributed by atoms with van der Waals surface area (Å²) in [4.78, 5) is 9.33. The van der Waals surface area contributed by atoms with Gasteiger partial charge in [0.25, 0.3) is 0 Å². The summed E-state index contributed by atoms with van der Waals surface area (Å²) in [7, 11) is 0. The Labute approximate surface area is 63.2 Å². The molecule has 0 aliphatic rings. The van der Waals surface area contributed by atoms with Gasteiger partial charge in [0.15, 0.2) is 21.1 Å². The van der Waals surface area contributed by atoms with Gasteiger partial charge in [-0.05, 0) is 0 Å². The monoisotopic (exact) mass is 241 g/mol. The Morgan fingerprint density at radius 2 is 2.38 bits per heavy atom. The molecule has 0 saturated heterocycles. The van der Waals surface area contributed by atoms with Crippen LogP contribution < -0.4 is 0 Å². The van der Waals surface area contributed by atoms with Crippen LogP contribution in [0.4, 0.5) is 0 Å². The van der Waals surface area contributed by atoms with Crippen molar-refractivity contribution in [1.29, 1.82) is 5.26 Å². The van der Waals surface area contributed by atoms with Crippen molar-refractivity contribution in [2.24, 2.45) is 0 Å². The van der Waals surface area contributed by atoms with Crippen LogP contribution in [-0.4, -0.2) is 10.8 Å². The topological polar surface area (TPSA) is 50.1 Å². The lowest BCUT2D eigenvalue weighted by Gasteiger charge is -1.90. The van der Waals surface area contributed by atoms with Gasteiger partial charge < -0.3 is 3.83 Å². The molecule has 0 aromatic heterocycles. The van der Waals surface area contributed by atoms with Crippen LogP contribution in [0.5, 0.6) is 0 Å². The molecule has 0 aliphatic carbocycles. The van der Waals surface area contributed by atoms with Crippen LogP contribution >= 0.6 is 32.2 Å². The van der Waals surface area contributed by atoms with E-state index in [9.17, 15) is 4.79 Å². The molecule has 0 aromatic rings. The van der Waals surface area contributed by atoms with Crippen molar-refractivity contribution in [1.82, 2.24) is 0 Å². The van der Waals surface area contributed by atoms with Crippen LogP contribution in [0.3, 0.4) is 0 Å². The van der Waals surface area contributed by atoms with Crippen LogP contribution in [0.25, 0.3) is 0 Å². The van der Waals surface area contributed by atoms with Gasteiger partial charge in [0, 0.05) is 0 Å². The SMILES string of the molecule is N#CC(Br)C(=O)OBr. The standard InChI is InChI=1S/C3HBr2NO2/c4-2(1-6)3(7)8-5/h2H. The molecule has 5 heteroatoms. The van der Waals surface area contributed by atoms with E-state index in [4.69, 9.17) is 5.26 Å². The molecule has 0 amide bonds. The summed E-state index contributed by atoms with van der Waals surface area (Å²) >= 11 is 5.16. The third-order valence-corrected chi connectivity index (χ3v) is 1.29. The first kappa shape index (κ1) is 7.92. The highest BCUT2D eigenvalue weighted by Crippen LogP contribution is 2.01. The van der Waals surface area contributed by atoms with Crippen molar-refractivity contribution in [2.75, 3.05) is 0 Å². The highest BCUT2D eigenvalue weighted by molar-refractivity contribution is 9.10. The molecule has 0 fully saturated rings. The predicted octanol–water partition coefficient (Wildman–Crippen LogP) is 1.13. The lowest BCUT2D eigenvalue weighted by Crippen LogP contribution is -2.09. The van der Waals surface area contributed by atoms with Crippen LogP contribution in [0.15, 0.2) is 0 Å². The van der Waals surface area contributed by atoms with Crippen molar-refractivity contribution in [2.45, 2.75) is 4.83 Å². The number of nitriles is 1. The largest absolute Gasteiger partial charge is 0.382 e. The fraction of sp³-hybridized carbons (Fsp3) is 0.333. The second kappa shape index (κ2) is 3.87. The first-order valence-corrected chi connectivity index (χ1v) is 3.14. The summed E-state index contributed by atoms with van der Waals surface area (Å²) in [5.74, 6) is -0.646. The minimum atomic E-state index is -0.873. The molecule has 3 nitrogen and oxygen atoms in total. The molecule has 0 heterocycles. The Hall–Kier alpha value is -0.0800. The Morgan fingerprint density at radius 1 is 1.88 bits per heavy atom. The van der Waals surface area contributed by atoms with Crippen molar-refractivity contribution in [3.8, 4) is 6.07 Å². The van der Waals surface area contributed by atoms with E-state index in [1.54, 1.807) is 6.07 Å². The fourth-order valence-electron chi connectivity index (χ4n) is 0.0918. The van der Waals surface area contributed by atoms with E-state index in [1.807, 2.05) is 0 Å². The molecule has 8 heavy (non-hydrogen) atoms. The average molecular weight is 243 g/mol. The maximum Gasteiger partial charge on any atom is 0.345 e. The van der Waals surface area contributed by atoms with E-state index in [2.05, 4.69) is 36.0 Å². The highest BCUT2D eigenvalue weighted by Gasteiger charge is 2.13. The number of nitrogens with zero attached hydrogens (tertiary/aromatic N) is 1. The van der Waals surface area contributed by atoms with E-state index in [0.29, 0.717) is 0 Å². The molecule has 0 bridgehead atoms. The van der Waals surface area contributed by atoms with E-state index in [1.165, 1.54) is 0 Å². The molecule has 44 valence electrons. The summed E-state index contributed by atoms with van der Waals surface area (Å²) in [5.41, 5.74) is 0. The highest BCUT2D eigenvalue weighted by atomic mass is 79.9. The minimum absolute atomic E-state index is 0.646. The minimum Gasteiger partial charge on any atom is -0.382 e. The molecular formula is C3HBr2NO2. The molecule has 1 unspecified atom stereocenters. The summed E-state index contributed by atoms with van der Waals surface area (Å²) < 4.78 is 4.01. The van der Waals surface area contributed by atoms with Gasteiger partial charge in [0.1, 0.15) is 0 Å². The van der Waals surface area contributed by atoms with Crippen LogP contribution in [-0.2, 0) is 8.62 Å². The third-order valence-electron chi connectivity index (χ3n) is 0.396. The van der Waals surface area contributed by atoms with Crippen molar-refractivity contribution in [3.05, 3.63) is 0 Å². The Morgan fingerprint density at radius 3 is 2.50 bits per heavy atom. The molecule has 0 spiro atoms. The van der Waals surface area contributed by atoms with Gasteiger partial charge in [0.05, 0.1) is 6.07 Å². The van der Waals surface area contributed by atoms with Crippen LogP contribution in [0.1, 0.15) is 0 Å². The number of hydrogen-bond acceptors (Lipinski definition) is 3. The summed E-state index contributed by atoms with van der Waals surface area (Å²) in [6.07, 6.45) is 0. The number of alkyl halides is 1. The van der Waals surface area contributed by atoms with Crippen molar-refractivity contribution in [3.63, 3.8) is 0 Å². The van der Waals surface area contributed by atoms with E-state index in [-0.39, 0.29) is 0 Å². The van der Waals surface area contributed by atoms with Gasteiger partial charge in [-0.3, -0.25) is 0 Å². The summed E-state index contributed by atoms with van der Waals surface area (Å²) in [5, 5.41) is 8.02. The zero-order valence-corrected chi connectivity index (χ0v) is 6.77. The molecule has 1 atom stereocenters. The third kappa shape index (κ3) is 2.28. The zero-order chi connectivity index (χ0) is 6.57. The van der Waals surface area contributed by atoms with E-state index < -0.39 is 10.8 Å². The molecule has 0 N–H and O–H groups in total. The van der Waals surface area contributed by atoms with Gasteiger partial charge in [-0.1, -0.05) is 15.9 Å². The van der Waals surface area contributed by atoms with Crippen LogP contribution in [0.2, 0.25) is 0 Å². The van der Waals surface area contributed by atoms with Crippen molar-refractivity contribution < 1.29 is 8.62 Å². The van der Waals surface area contributed by atoms with Gasteiger partial charge >= 0.3 is 5.97 Å². The summed E-state index contributed by atoms with van der Waals surface area (Å²) in [6.45, 7) is 0. The van der Waals surface area contributed by atoms with E-state index in [0.717, 1.165) is 0 Å². The number of carbonyl (C=O) groups is 1. The van der Waals surface area contributed by atoms with Gasteiger partial charge in [-0.15, -0.1) is 0 Å². The first-order chi connectivity index (χ1) is 3.72. The van der Waals surface area contributed by atoms with Gasteiger partial charge in [-0.2, -0.15) is 5.26 Å². The summed E-state index contributed by atoms with van der Waals surface area (Å²) in [6, 6.07) is 1.63. The Balaban J connectivity index is 3.68. The van der Waals surface area contributed by atoms with Crippen molar-refractivity contribution >= 4 is 38.2 Å². The predicted molar refractivity (Wildman–Crippen MR) is 33.3 cm³/mol. The molecule has 0 radical (unpaired) electrons. The second-order valence-electron chi connectivity index (χ2n) is 0.888. The molecule has 0 aliphatic heterocycles. The Kier molecular flexibility index (Phi) is 3.83. The number of carbonyl (C=O) groups excluding carboxylic acids is 1. The average Bonchev–Trinajstić information content (AvgIpc) is 1.84. The number of hydrogen-bond donors (Lipinski definition) is 0. The number of halogens is 2. The quantitative estimate of drug-likeness (QED) is 0.648. The first-order valence-electron chi connectivity index (χ1n) is 1.58. The maximum atomic E-state index is 10.2. The smallest absolute Gasteiger partial charge is 0.345 e. The number of rotatable bonds is 1. The molecular weight excluding hydrogens is 242 g/mol. The Bertz CT molecular complexity index is 130. The molecule has 0 rings (SSSR count). The molecule has 0 aromatic carbocycles. The second-order valence-corrected chi connectivity index (χ2v) is 2.13. The van der Waals surface area contributed by atoms with Crippen LogP contribution in [0, 0.1) is 11.3 Å².